The second kappa shape index (κ2) is 10.4. The Balaban J connectivity index is 2.45. The minimum absolute atomic E-state index is 0.296. The summed E-state index contributed by atoms with van der Waals surface area (Å²) in [7, 11) is -4.82. The Morgan fingerprint density at radius 3 is 2.28 bits per heavy atom. The predicted molar refractivity (Wildman–Crippen MR) is 82.9 cm³/mol. The fourth-order valence-electron chi connectivity index (χ4n) is 2.15. The third kappa shape index (κ3) is 6.84. The Morgan fingerprint density at radius 2 is 1.72 bits per heavy atom. The maximum absolute atomic E-state index is 11.7. The summed E-state index contributed by atoms with van der Waals surface area (Å²) >= 11 is 0. The zero-order valence-electron chi connectivity index (χ0n) is 13.6. The molecule has 0 radical (unpaired) electrons. The molecule has 0 bridgehead atoms. The van der Waals surface area contributed by atoms with Crippen molar-refractivity contribution in [2.24, 2.45) is 0 Å². The Hall–Kier alpha value is -0.700. The van der Waals surface area contributed by atoms with E-state index in [1.807, 2.05) is 4.90 Å². The first-order valence-corrected chi connectivity index (χ1v) is 9.18. The molecule has 1 rings (SSSR count). The molecule has 0 aromatic carbocycles. The lowest BCUT2D eigenvalue weighted by Crippen LogP contribution is -2.50. The lowest BCUT2D eigenvalue weighted by atomic mass is 10.0. The number of aliphatic hydroxyl groups excluding tert-OH is 5. The lowest BCUT2D eigenvalue weighted by molar-refractivity contribution is -0.140. The fourth-order valence-corrected chi connectivity index (χ4v) is 3.04. The predicted octanol–water partition coefficient (Wildman–Crippen LogP) is -3.98. The molecule has 1 fully saturated rings. The topological polar surface area (TPSA) is 174 Å². The molecule has 0 aromatic rings. The molecular weight excluding hydrogens is 362 g/mol. The van der Waals surface area contributed by atoms with Crippen molar-refractivity contribution in [2.45, 2.75) is 30.8 Å². The SMILES string of the molecule is O=C([C@H](O)[C@@H](O)[C@H](O)[C@H](O)CO)S(=O)(=O)OCCCN1CCOCC1. The number of aliphatic hydroxyl groups is 5. The average molecular weight is 387 g/mol. The van der Waals surface area contributed by atoms with Crippen LogP contribution in [0.5, 0.6) is 0 Å². The van der Waals surface area contributed by atoms with Gasteiger partial charge in [-0.1, -0.05) is 0 Å². The van der Waals surface area contributed by atoms with E-state index in [1.165, 1.54) is 0 Å². The largest absolute Gasteiger partial charge is 0.394 e. The highest BCUT2D eigenvalue weighted by atomic mass is 32.2. The van der Waals surface area contributed by atoms with Gasteiger partial charge in [-0.25, -0.2) is 0 Å². The second-order valence-corrected chi connectivity index (χ2v) is 7.12. The molecule has 1 heterocycles. The van der Waals surface area contributed by atoms with Crippen LogP contribution in [0.2, 0.25) is 0 Å². The van der Waals surface area contributed by atoms with Crippen LogP contribution >= 0.6 is 0 Å². The van der Waals surface area contributed by atoms with E-state index in [9.17, 15) is 28.5 Å². The van der Waals surface area contributed by atoms with Crippen LogP contribution in [-0.2, 0) is 23.8 Å². The Morgan fingerprint density at radius 1 is 1.12 bits per heavy atom. The lowest BCUT2D eigenvalue weighted by Gasteiger charge is -2.26. The molecule has 25 heavy (non-hydrogen) atoms. The molecule has 1 saturated heterocycles. The third-order valence-electron chi connectivity index (χ3n) is 3.70. The summed E-state index contributed by atoms with van der Waals surface area (Å²) in [6, 6.07) is 0. The number of hydrogen-bond donors (Lipinski definition) is 5. The summed E-state index contributed by atoms with van der Waals surface area (Å²) in [5, 5.41) is 44.5. The van der Waals surface area contributed by atoms with Gasteiger partial charge in [0, 0.05) is 19.6 Å². The van der Waals surface area contributed by atoms with Crippen molar-refractivity contribution in [3.8, 4) is 0 Å². The number of morpholine rings is 1. The molecule has 1 aliphatic rings. The minimum atomic E-state index is -4.82. The van der Waals surface area contributed by atoms with Crippen LogP contribution in [0, 0.1) is 0 Å². The van der Waals surface area contributed by atoms with Crippen LogP contribution in [0.15, 0.2) is 0 Å². The first-order valence-electron chi connectivity index (χ1n) is 7.77. The zero-order chi connectivity index (χ0) is 19.0. The Labute approximate surface area is 145 Å². The molecule has 0 aromatic heterocycles. The van der Waals surface area contributed by atoms with Crippen molar-refractivity contribution in [1.82, 2.24) is 4.90 Å². The van der Waals surface area contributed by atoms with E-state index in [0.29, 0.717) is 39.3 Å². The van der Waals surface area contributed by atoms with Crippen molar-refractivity contribution >= 4 is 15.2 Å². The van der Waals surface area contributed by atoms with E-state index in [0.717, 1.165) is 0 Å². The molecule has 0 amide bonds. The maximum atomic E-state index is 11.7. The quantitative estimate of drug-likeness (QED) is 0.183. The van der Waals surface area contributed by atoms with E-state index in [4.69, 9.17) is 14.9 Å². The highest BCUT2D eigenvalue weighted by Crippen LogP contribution is 2.10. The number of nitrogens with zero attached hydrogens (tertiary/aromatic N) is 1. The van der Waals surface area contributed by atoms with E-state index >= 15 is 0 Å². The molecule has 4 atom stereocenters. The van der Waals surface area contributed by atoms with Gasteiger partial charge in [-0.15, -0.1) is 0 Å². The molecule has 0 saturated carbocycles. The standard InChI is InChI=1S/C13H25NO10S/c15-8-9(16)10(17)11(18)12(19)13(20)25(21,22)24-5-1-2-14-3-6-23-7-4-14/h9-12,15-19H,1-8H2/t9-,10-,11+,12-/m1/s1. The maximum Gasteiger partial charge on any atom is 0.334 e. The van der Waals surface area contributed by atoms with E-state index in [-0.39, 0.29) is 6.61 Å². The highest BCUT2D eigenvalue weighted by molar-refractivity contribution is 8.02. The van der Waals surface area contributed by atoms with Crippen molar-refractivity contribution < 1.29 is 47.7 Å². The van der Waals surface area contributed by atoms with Crippen molar-refractivity contribution in [1.29, 1.82) is 0 Å². The molecule has 0 spiro atoms. The Bertz CT molecular complexity index is 507. The summed E-state index contributed by atoms with van der Waals surface area (Å²) in [5.41, 5.74) is 0. The smallest absolute Gasteiger partial charge is 0.334 e. The van der Waals surface area contributed by atoms with Crippen molar-refractivity contribution in [2.75, 3.05) is 46.1 Å². The molecule has 0 aliphatic carbocycles. The summed E-state index contributed by atoms with van der Waals surface area (Å²) < 4.78 is 33.1. The molecule has 0 unspecified atom stereocenters. The molecule has 12 heteroatoms. The van der Waals surface area contributed by atoms with Crippen LogP contribution in [-0.4, -0.2) is 114 Å². The molecule has 5 N–H and O–H groups in total. The van der Waals surface area contributed by atoms with E-state index in [1.54, 1.807) is 0 Å². The number of carbonyl (C=O) groups excluding carboxylic acids is 1. The molecular formula is C13H25NO10S. The van der Waals surface area contributed by atoms with Gasteiger partial charge in [-0.3, -0.25) is 13.9 Å². The van der Waals surface area contributed by atoms with E-state index < -0.39 is 46.3 Å². The van der Waals surface area contributed by atoms with Gasteiger partial charge in [0.15, 0.2) is 6.10 Å². The molecule has 11 nitrogen and oxygen atoms in total. The number of rotatable bonds is 10. The first-order chi connectivity index (χ1) is 11.7. The number of carbonyl (C=O) groups is 1. The summed E-state index contributed by atoms with van der Waals surface area (Å²) in [5.74, 6) is 0. The van der Waals surface area contributed by atoms with Gasteiger partial charge in [0.05, 0.1) is 26.4 Å². The van der Waals surface area contributed by atoms with Gasteiger partial charge >= 0.3 is 15.2 Å². The number of hydrogen-bond acceptors (Lipinski definition) is 11. The minimum Gasteiger partial charge on any atom is -0.394 e. The van der Waals surface area contributed by atoms with Gasteiger partial charge in [-0.05, 0) is 6.42 Å². The van der Waals surface area contributed by atoms with Crippen LogP contribution in [0.1, 0.15) is 6.42 Å². The monoisotopic (exact) mass is 387 g/mol. The molecule has 1 aliphatic heterocycles. The van der Waals surface area contributed by atoms with Gasteiger partial charge in [0.25, 0.3) is 0 Å². The summed E-state index contributed by atoms with van der Waals surface area (Å²) in [6.07, 6.45) is -8.48. The third-order valence-corrected chi connectivity index (χ3v) is 4.91. The number of ether oxygens (including phenoxy) is 1. The average Bonchev–Trinajstić information content (AvgIpc) is 2.62. The Kier molecular flexibility index (Phi) is 9.34. The summed E-state index contributed by atoms with van der Waals surface area (Å²) in [4.78, 5) is 13.7. The summed E-state index contributed by atoms with van der Waals surface area (Å²) in [6.45, 7) is 1.89. The van der Waals surface area contributed by atoms with Gasteiger partial charge in [0.2, 0.25) is 0 Å². The first kappa shape index (κ1) is 22.3. The van der Waals surface area contributed by atoms with Crippen molar-refractivity contribution in [3.05, 3.63) is 0 Å². The van der Waals surface area contributed by atoms with Gasteiger partial charge in [0.1, 0.15) is 18.3 Å². The van der Waals surface area contributed by atoms with Crippen LogP contribution in [0.4, 0.5) is 0 Å². The zero-order valence-corrected chi connectivity index (χ0v) is 14.4. The highest BCUT2D eigenvalue weighted by Gasteiger charge is 2.40. The van der Waals surface area contributed by atoms with E-state index in [2.05, 4.69) is 4.18 Å². The fraction of sp³-hybridized carbons (Fsp3) is 0.923. The van der Waals surface area contributed by atoms with Crippen LogP contribution in [0.3, 0.4) is 0 Å². The van der Waals surface area contributed by atoms with Crippen molar-refractivity contribution in [3.63, 3.8) is 0 Å². The van der Waals surface area contributed by atoms with Gasteiger partial charge in [-0.2, -0.15) is 8.42 Å². The normalized spacial score (nSPS) is 21.5. The van der Waals surface area contributed by atoms with Crippen LogP contribution in [0.25, 0.3) is 0 Å². The van der Waals surface area contributed by atoms with Gasteiger partial charge < -0.3 is 30.3 Å². The van der Waals surface area contributed by atoms with Crippen LogP contribution < -0.4 is 0 Å². The second-order valence-electron chi connectivity index (χ2n) is 5.58. The molecule has 148 valence electrons.